The number of halogens is 1. The zero-order valence-corrected chi connectivity index (χ0v) is 16.1. The highest BCUT2D eigenvalue weighted by molar-refractivity contribution is 9.10. The van der Waals surface area contributed by atoms with Crippen molar-refractivity contribution in [3.63, 3.8) is 0 Å². The van der Waals surface area contributed by atoms with Gasteiger partial charge in [0.25, 0.3) is 0 Å². The molecule has 2 aromatic carbocycles. The first-order valence-electron chi connectivity index (χ1n) is 7.91. The van der Waals surface area contributed by atoms with Crippen LogP contribution in [-0.4, -0.2) is 26.1 Å². The van der Waals surface area contributed by atoms with Crippen molar-refractivity contribution in [2.75, 3.05) is 20.3 Å². The molecule has 2 rings (SSSR count). The minimum atomic E-state index is -0.138. The Morgan fingerprint density at radius 3 is 2.58 bits per heavy atom. The summed E-state index contributed by atoms with van der Waals surface area (Å²) in [6.45, 7) is 2.40. The van der Waals surface area contributed by atoms with E-state index < -0.39 is 0 Å². The Hall–Kier alpha value is -2.78. The van der Waals surface area contributed by atoms with Crippen LogP contribution in [0, 0.1) is 11.3 Å². The van der Waals surface area contributed by atoms with Gasteiger partial charge in [-0.15, -0.1) is 0 Å². The van der Waals surface area contributed by atoms with E-state index in [0.717, 1.165) is 10.0 Å². The highest BCUT2D eigenvalue weighted by Crippen LogP contribution is 2.37. The summed E-state index contributed by atoms with van der Waals surface area (Å²) in [5.74, 6) is 1.63. The van der Waals surface area contributed by atoms with E-state index >= 15 is 0 Å². The van der Waals surface area contributed by atoms with Crippen molar-refractivity contribution in [3.05, 3.63) is 58.1 Å². The molecular formula is C20H18BrNO4. The molecule has 0 aromatic heterocycles. The number of benzene rings is 2. The fourth-order valence-electron chi connectivity index (χ4n) is 2.22. The SMILES string of the molecule is CCOc1c(Br)cc(C=CC(=O)c2ccc(OCC#N)cc2)cc1OC. The zero-order valence-electron chi connectivity index (χ0n) is 14.5. The number of rotatable bonds is 8. The van der Waals surface area contributed by atoms with Crippen LogP contribution in [0.4, 0.5) is 0 Å². The summed E-state index contributed by atoms with van der Waals surface area (Å²) in [4.78, 5) is 12.3. The number of carbonyl (C=O) groups is 1. The third kappa shape index (κ3) is 5.11. The molecule has 0 radical (unpaired) electrons. The lowest BCUT2D eigenvalue weighted by Crippen LogP contribution is -1.98. The summed E-state index contributed by atoms with van der Waals surface area (Å²) in [7, 11) is 1.57. The van der Waals surface area contributed by atoms with Crippen molar-refractivity contribution in [1.82, 2.24) is 0 Å². The smallest absolute Gasteiger partial charge is 0.185 e. The Labute approximate surface area is 160 Å². The molecule has 0 saturated carbocycles. The molecule has 0 spiro atoms. The van der Waals surface area contributed by atoms with E-state index in [1.54, 1.807) is 43.5 Å². The number of ether oxygens (including phenoxy) is 3. The number of ketones is 1. The lowest BCUT2D eigenvalue weighted by atomic mass is 10.1. The lowest BCUT2D eigenvalue weighted by Gasteiger charge is -2.12. The number of hydrogen-bond donors (Lipinski definition) is 0. The highest BCUT2D eigenvalue weighted by Gasteiger charge is 2.10. The predicted molar refractivity (Wildman–Crippen MR) is 103 cm³/mol. The van der Waals surface area contributed by atoms with Crippen molar-refractivity contribution in [3.8, 4) is 23.3 Å². The quantitative estimate of drug-likeness (QED) is 0.463. The van der Waals surface area contributed by atoms with Crippen LogP contribution in [0.25, 0.3) is 6.08 Å². The molecule has 0 aliphatic carbocycles. The maximum Gasteiger partial charge on any atom is 0.185 e. The molecule has 6 heteroatoms. The molecule has 0 fully saturated rings. The minimum absolute atomic E-state index is 0.0261. The van der Waals surface area contributed by atoms with Gasteiger partial charge in [0, 0.05) is 5.56 Å². The third-order valence-electron chi connectivity index (χ3n) is 3.41. The molecule has 5 nitrogen and oxygen atoms in total. The Bertz CT molecular complexity index is 838. The normalized spacial score (nSPS) is 10.4. The Kier molecular flexibility index (Phi) is 7.24. The van der Waals surface area contributed by atoms with Gasteiger partial charge in [0.2, 0.25) is 0 Å². The summed E-state index contributed by atoms with van der Waals surface area (Å²) in [6, 6.07) is 12.2. The number of methoxy groups -OCH3 is 1. The Morgan fingerprint density at radius 2 is 1.96 bits per heavy atom. The van der Waals surface area contributed by atoms with Gasteiger partial charge in [-0.3, -0.25) is 4.79 Å². The summed E-state index contributed by atoms with van der Waals surface area (Å²) < 4.78 is 16.8. The largest absolute Gasteiger partial charge is 0.493 e. The topological polar surface area (TPSA) is 68.5 Å². The van der Waals surface area contributed by atoms with Gasteiger partial charge < -0.3 is 14.2 Å². The molecule has 0 N–H and O–H groups in total. The maximum atomic E-state index is 12.3. The summed E-state index contributed by atoms with van der Waals surface area (Å²) in [5.41, 5.74) is 1.34. The van der Waals surface area contributed by atoms with E-state index in [2.05, 4.69) is 15.9 Å². The Balaban J connectivity index is 2.14. The van der Waals surface area contributed by atoms with Gasteiger partial charge in [-0.1, -0.05) is 6.08 Å². The van der Waals surface area contributed by atoms with Crippen molar-refractivity contribution < 1.29 is 19.0 Å². The molecule has 0 heterocycles. The molecule has 0 saturated heterocycles. The molecule has 0 atom stereocenters. The molecule has 0 bridgehead atoms. The fraction of sp³-hybridized carbons (Fsp3) is 0.200. The van der Waals surface area contributed by atoms with E-state index in [4.69, 9.17) is 19.5 Å². The summed E-state index contributed by atoms with van der Waals surface area (Å²) in [6.07, 6.45) is 3.21. The predicted octanol–water partition coefficient (Wildman–Crippen LogP) is 4.65. The molecule has 0 unspecified atom stereocenters. The maximum absolute atomic E-state index is 12.3. The molecular weight excluding hydrogens is 398 g/mol. The van der Waals surface area contributed by atoms with Gasteiger partial charge in [0.05, 0.1) is 18.2 Å². The second kappa shape index (κ2) is 9.64. The second-order valence-corrected chi connectivity index (χ2v) is 5.99. The number of nitrogens with zero attached hydrogens (tertiary/aromatic N) is 1. The first-order chi connectivity index (χ1) is 12.6. The van der Waals surface area contributed by atoms with Gasteiger partial charge in [-0.2, -0.15) is 5.26 Å². The summed E-state index contributed by atoms with van der Waals surface area (Å²) in [5, 5.41) is 8.49. The highest BCUT2D eigenvalue weighted by atomic mass is 79.9. The average Bonchev–Trinajstić information content (AvgIpc) is 2.66. The van der Waals surface area contributed by atoms with Gasteiger partial charge in [0.1, 0.15) is 11.8 Å². The number of allylic oxidation sites excluding steroid dienone is 1. The molecule has 0 aliphatic heterocycles. The van der Waals surface area contributed by atoms with Gasteiger partial charge in [0.15, 0.2) is 23.9 Å². The first-order valence-corrected chi connectivity index (χ1v) is 8.71. The molecule has 0 amide bonds. The van der Waals surface area contributed by atoms with Crippen molar-refractivity contribution in [1.29, 1.82) is 5.26 Å². The van der Waals surface area contributed by atoms with E-state index in [1.807, 2.05) is 19.1 Å². The molecule has 2 aromatic rings. The van der Waals surface area contributed by atoms with E-state index in [0.29, 0.717) is 29.4 Å². The minimum Gasteiger partial charge on any atom is -0.493 e. The van der Waals surface area contributed by atoms with Crippen LogP contribution in [0.15, 0.2) is 46.9 Å². The second-order valence-electron chi connectivity index (χ2n) is 5.14. The van der Waals surface area contributed by atoms with Gasteiger partial charge in [-0.25, -0.2) is 0 Å². The van der Waals surface area contributed by atoms with Crippen LogP contribution in [0.3, 0.4) is 0 Å². The van der Waals surface area contributed by atoms with Crippen LogP contribution < -0.4 is 14.2 Å². The summed E-state index contributed by atoms with van der Waals surface area (Å²) >= 11 is 3.46. The number of carbonyl (C=O) groups excluding carboxylic acids is 1. The van der Waals surface area contributed by atoms with Crippen molar-refractivity contribution in [2.45, 2.75) is 6.92 Å². The average molecular weight is 416 g/mol. The molecule has 0 aliphatic rings. The van der Waals surface area contributed by atoms with Gasteiger partial charge in [-0.05, 0) is 70.9 Å². The van der Waals surface area contributed by atoms with Crippen LogP contribution >= 0.6 is 15.9 Å². The van der Waals surface area contributed by atoms with Crippen LogP contribution in [0.1, 0.15) is 22.8 Å². The number of nitriles is 1. The lowest BCUT2D eigenvalue weighted by molar-refractivity contribution is 0.104. The van der Waals surface area contributed by atoms with Crippen LogP contribution in [-0.2, 0) is 0 Å². The standard InChI is InChI=1S/C20H18BrNO4/c1-3-25-20-17(21)12-14(13-19(20)24-2)4-9-18(23)15-5-7-16(8-6-15)26-11-10-22/h4-9,12-13H,3,11H2,1-2H3. The van der Waals surface area contributed by atoms with Gasteiger partial charge >= 0.3 is 0 Å². The van der Waals surface area contributed by atoms with E-state index in [-0.39, 0.29) is 12.4 Å². The monoisotopic (exact) mass is 415 g/mol. The van der Waals surface area contributed by atoms with Crippen LogP contribution in [0.2, 0.25) is 0 Å². The molecule has 26 heavy (non-hydrogen) atoms. The zero-order chi connectivity index (χ0) is 18.9. The molecule has 134 valence electrons. The van der Waals surface area contributed by atoms with Crippen LogP contribution in [0.5, 0.6) is 17.2 Å². The van der Waals surface area contributed by atoms with E-state index in [1.165, 1.54) is 6.08 Å². The third-order valence-corrected chi connectivity index (χ3v) is 4.00. The Morgan fingerprint density at radius 1 is 1.23 bits per heavy atom. The van der Waals surface area contributed by atoms with Crippen molar-refractivity contribution >= 4 is 27.8 Å². The fourth-order valence-corrected chi connectivity index (χ4v) is 2.79. The first kappa shape index (κ1) is 19.5. The van der Waals surface area contributed by atoms with Crippen molar-refractivity contribution in [2.24, 2.45) is 0 Å². The van der Waals surface area contributed by atoms with E-state index in [9.17, 15) is 4.79 Å². The number of hydrogen-bond acceptors (Lipinski definition) is 5.